The SMILES string of the molecule is CCC(C)C(O)CNC(c1ccc(OC)cc1)C1CC1. The highest BCUT2D eigenvalue weighted by molar-refractivity contribution is 5.30. The molecule has 0 saturated heterocycles. The van der Waals surface area contributed by atoms with Crippen molar-refractivity contribution < 1.29 is 9.84 Å². The summed E-state index contributed by atoms with van der Waals surface area (Å²) in [4.78, 5) is 0. The molecular formula is C17H27NO2. The van der Waals surface area contributed by atoms with Crippen molar-refractivity contribution in [1.82, 2.24) is 5.32 Å². The summed E-state index contributed by atoms with van der Waals surface area (Å²) in [6.07, 6.45) is 3.31. The Kier molecular flexibility index (Phi) is 5.44. The smallest absolute Gasteiger partial charge is 0.118 e. The van der Waals surface area contributed by atoms with Gasteiger partial charge in [0.15, 0.2) is 0 Å². The van der Waals surface area contributed by atoms with Crippen LogP contribution in [0.2, 0.25) is 0 Å². The fourth-order valence-corrected chi connectivity index (χ4v) is 2.52. The summed E-state index contributed by atoms with van der Waals surface area (Å²) in [5, 5.41) is 13.7. The number of ether oxygens (including phenoxy) is 1. The van der Waals surface area contributed by atoms with Crippen LogP contribution in [0.5, 0.6) is 5.75 Å². The van der Waals surface area contributed by atoms with Crippen LogP contribution in [0, 0.1) is 11.8 Å². The van der Waals surface area contributed by atoms with Crippen LogP contribution in [0.1, 0.15) is 44.7 Å². The Morgan fingerprint density at radius 3 is 2.45 bits per heavy atom. The lowest BCUT2D eigenvalue weighted by Crippen LogP contribution is -2.34. The van der Waals surface area contributed by atoms with E-state index in [4.69, 9.17) is 4.74 Å². The Morgan fingerprint density at radius 1 is 1.30 bits per heavy atom. The highest BCUT2D eigenvalue weighted by Gasteiger charge is 2.32. The molecule has 20 heavy (non-hydrogen) atoms. The van der Waals surface area contributed by atoms with Gasteiger partial charge in [0.05, 0.1) is 13.2 Å². The normalized spacial score (nSPS) is 19.4. The molecule has 1 aromatic carbocycles. The minimum atomic E-state index is -0.264. The van der Waals surface area contributed by atoms with E-state index in [1.807, 2.05) is 12.1 Å². The summed E-state index contributed by atoms with van der Waals surface area (Å²) in [7, 11) is 1.69. The highest BCUT2D eigenvalue weighted by atomic mass is 16.5. The lowest BCUT2D eigenvalue weighted by atomic mass is 9.99. The zero-order chi connectivity index (χ0) is 14.5. The molecule has 1 aliphatic carbocycles. The monoisotopic (exact) mass is 277 g/mol. The molecule has 3 heteroatoms. The van der Waals surface area contributed by atoms with Crippen LogP contribution in [0.25, 0.3) is 0 Å². The van der Waals surface area contributed by atoms with Gasteiger partial charge in [0.1, 0.15) is 5.75 Å². The Hall–Kier alpha value is -1.06. The van der Waals surface area contributed by atoms with Crippen molar-refractivity contribution in [2.45, 2.75) is 45.3 Å². The van der Waals surface area contributed by atoms with Gasteiger partial charge in [-0.1, -0.05) is 32.4 Å². The number of benzene rings is 1. The second kappa shape index (κ2) is 7.09. The number of aliphatic hydroxyl groups is 1. The lowest BCUT2D eigenvalue weighted by Gasteiger charge is -2.23. The maximum Gasteiger partial charge on any atom is 0.118 e. The Morgan fingerprint density at radius 2 is 1.95 bits per heavy atom. The second-order valence-electron chi connectivity index (χ2n) is 5.95. The second-order valence-corrected chi connectivity index (χ2v) is 5.95. The van der Waals surface area contributed by atoms with Crippen LogP contribution in [0.4, 0.5) is 0 Å². The fraction of sp³-hybridized carbons (Fsp3) is 0.647. The van der Waals surface area contributed by atoms with Gasteiger partial charge in [0.25, 0.3) is 0 Å². The van der Waals surface area contributed by atoms with Crippen molar-refractivity contribution >= 4 is 0 Å². The van der Waals surface area contributed by atoms with Gasteiger partial charge in [-0.2, -0.15) is 0 Å². The van der Waals surface area contributed by atoms with Gasteiger partial charge in [-0.3, -0.25) is 0 Å². The Balaban J connectivity index is 1.96. The van der Waals surface area contributed by atoms with Gasteiger partial charge in [-0.15, -0.1) is 0 Å². The molecule has 3 nitrogen and oxygen atoms in total. The largest absolute Gasteiger partial charge is 0.497 e. The van der Waals surface area contributed by atoms with Crippen LogP contribution in [0.3, 0.4) is 0 Å². The average Bonchev–Trinajstić information content (AvgIpc) is 3.31. The van der Waals surface area contributed by atoms with Crippen LogP contribution < -0.4 is 10.1 Å². The summed E-state index contributed by atoms with van der Waals surface area (Å²) < 4.78 is 5.21. The number of hydrogen-bond acceptors (Lipinski definition) is 3. The maximum atomic E-state index is 10.1. The van der Waals surface area contributed by atoms with Crippen molar-refractivity contribution in [1.29, 1.82) is 0 Å². The molecule has 3 unspecified atom stereocenters. The van der Waals surface area contributed by atoms with Gasteiger partial charge >= 0.3 is 0 Å². The van der Waals surface area contributed by atoms with Gasteiger partial charge in [0, 0.05) is 12.6 Å². The third kappa shape index (κ3) is 3.97. The zero-order valence-corrected chi connectivity index (χ0v) is 12.8. The molecule has 0 radical (unpaired) electrons. The summed E-state index contributed by atoms with van der Waals surface area (Å²) in [5.74, 6) is 1.95. The Bertz CT molecular complexity index is 400. The van der Waals surface area contributed by atoms with Crippen LogP contribution in [-0.4, -0.2) is 24.9 Å². The lowest BCUT2D eigenvalue weighted by molar-refractivity contribution is 0.108. The van der Waals surface area contributed by atoms with E-state index in [9.17, 15) is 5.11 Å². The minimum Gasteiger partial charge on any atom is -0.497 e. The van der Waals surface area contributed by atoms with Crippen LogP contribution in [-0.2, 0) is 0 Å². The van der Waals surface area contributed by atoms with E-state index in [1.165, 1.54) is 18.4 Å². The number of nitrogens with one attached hydrogen (secondary N) is 1. The van der Waals surface area contributed by atoms with Crippen molar-refractivity contribution in [2.75, 3.05) is 13.7 Å². The number of aliphatic hydroxyl groups excluding tert-OH is 1. The molecule has 1 aliphatic rings. The topological polar surface area (TPSA) is 41.5 Å². The van der Waals surface area contributed by atoms with Crippen LogP contribution >= 0.6 is 0 Å². The fourth-order valence-electron chi connectivity index (χ4n) is 2.52. The average molecular weight is 277 g/mol. The molecule has 1 saturated carbocycles. The molecule has 2 N–H and O–H groups in total. The van der Waals surface area contributed by atoms with E-state index in [-0.39, 0.29) is 6.10 Å². The minimum absolute atomic E-state index is 0.264. The first-order chi connectivity index (χ1) is 9.65. The number of methoxy groups -OCH3 is 1. The summed E-state index contributed by atoms with van der Waals surface area (Å²) in [6.45, 7) is 4.89. The number of rotatable bonds is 8. The summed E-state index contributed by atoms with van der Waals surface area (Å²) >= 11 is 0. The predicted octanol–water partition coefficient (Wildman–Crippen LogP) is 3.14. The summed E-state index contributed by atoms with van der Waals surface area (Å²) in [6, 6.07) is 8.64. The molecule has 0 bridgehead atoms. The van der Waals surface area contributed by atoms with E-state index in [0.29, 0.717) is 24.4 Å². The predicted molar refractivity (Wildman–Crippen MR) is 81.9 cm³/mol. The van der Waals surface area contributed by atoms with E-state index >= 15 is 0 Å². The quantitative estimate of drug-likeness (QED) is 0.767. The van der Waals surface area contributed by atoms with Crippen molar-refractivity contribution in [3.05, 3.63) is 29.8 Å². The van der Waals surface area contributed by atoms with E-state index in [0.717, 1.165) is 12.2 Å². The zero-order valence-electron chi connectivity index (χ0n) is 12.8. The van der Waals surface area contributed by atoms with Gasteiger partial charge in [-0.25, -0.2) is 0 Å². The summed E-state index contributed by atoms with van der Waals surface area (Å²) in [5.41, 5.74) is 1.30. The third-order valence-electron chi connectivity index (χ3n) is 4.42. The van der Waals surface area contributed by atoms with Crippen molar-refractivity contribution in [3.63, 3.8) is 0 Å². The number of hydrogen-bond donors (Lipinski definition) is 2. The highest BCUT2D eigenvalue weighted by Crippen LogP contribution is 2.41. The molecule has 2 rings (SSSR count). The van der Waals surface area contributed by atoms with Crippen molar-refractivity contribution in [3.8, 4) is 5.75 Å². The molecule has 3 atom stereocenters. The molecule has 1 fully saturated rings. The van der Waals surface area contributed by atoms with Gasteiger partial charge < -0.3 is 15.2 Å². The standard InChI is InChI=1S/C17H27NO2/c1-4-12(2)16(19)11-18-17(13-5-6-13)14-7-9-15(20-3)10-8-14/h7-10,12-13,16-19H,4-6,11H2,1-3H3. The molecule has 0 spiro atoms. The van der Waals surface area contributed by atoms with Crippen molar-refractivity contribution in [2.24, 2.45) is 11.8 Å². The third-order valence-corrected chi connectivity index (χ3v) is 4.42. The van der Waals surface area contributed by atoms with E-state index in [1.54, 1.807) is 7.11 Å². The molecule has 112 valence electrons. The first kappa shape index (κ1) is 15.3. The van der Waals surface area contributed by atoms with Crippen LogP contribution in [0.15, 0.2) is 24.3 Å². The molecule has 0 aliphatic heterocycles. The molecule has 0 amide bonds. The Labute approximate surface area is 122 Å². The first-order valence-corrected chi connectivity index (χ1v) is 7.71. The van der Waals surface area contributed by atoms with E-state index in [2.05, 4.69) is 31.3 Å². The van der Waals surface area contributed by atoms with E-state index < -0.39 is 0 Å². The maximum absolute atomic E-state index is 10.1. The van der Waals surface area contributed by atoms with Gasteiger partial charge in [-0.05, 0) is 42.4 Å². The van der Waals surface area contributed by atoms with Gasteiger partial charge in [0.2, 0.25) is 0 Å². The first-order valence-electron chi connectivity index (χ1n) is 7.71. The molecule has 0 heterocycles. The molecule has 0 aromatic heterocycles. The molecular weight excluding hydrogens is 250 g/mol. The molecule has 1 aromatic rings.